The number of fused-ring (bicyclic) bond motifs is 1. The summed E-state index contributed by atoms with van der Waals surface area (Å²) in [6.07, 6.45) is 2.33. The number of carbonyl (C=O) groups is 2. The molecule has 1 aromatic carbocycles. The third kappa shape index (κ3) is 4.09. The van der Waals surface area contributed by atoms with Crippen molar-refractivity contribution in [1.29, 1.82) is 0 Å². The fourth-order valence-electron chi connectivity index (χ4n) is 3.74. The Kier molecular flexibility index (Phi) is 5.71. The highest BCUT2D eigenvalue weighted by molar-refractivity contribution is 7.14. The first-order valence-electron chi connectivity index (χ1n) is 9.57. The van der Waals surface area contributed by atoms with Crippen LogP contribution < -0.4 is 5.32 Å². The molecule has 1 aliphatic carbocycles. The summed E-state index contributed by atoms with van der Waals surface area (Å²) in [4.78, 5) is 29.3. The fourth-order valence-corrected chi connectivity index (χ4v) is 5.04. The van der Waals surface area contributed by atoms with Crippen molar-refractivity contribution in [2.45, 2.75) is 26.2 Å². The predicted molar refractivity (Wildman–Crippen MR) is 111 cm³/mol. The van der Waals surface area contributed by atoms with Gasteiger partial charge in [0.2, 0.25) is 5.91 Å². The van der Waals surface area contributed by atoms with Crippen LogP contribution in [0, 0.1) is 12.8 Å². The van der Waals surface area contributed by atoms with Crippen LogP contribution in [-0.2, 0) is 22.4 Å². The highest BCUT2D eigenvalue weighted by Crippen LogP contribution is 2.34. The molecule has 28 heavy (non-hydrogen) atoms. The van der Waals surface area contributed by atoms with E-state index in [4.69, 9.17) is 16.3 Å². The number of anilines is 1. The molecule has 0 unspecified atom stereocenters. The van der Waals surface area contributed by atoms with Gasteiger partial charge in [0.15, 0.2) is 0 Å². The third-order valence-electron chi connectivity index (χ3n) is 5.39. The monoisotopic (exact) mass is 418 g/mol. The lowest BCUT2D eigenvalue weighted by Gasteiger charge is -2.26. The number of morpholine rings is 1. The second-order valence-corrected chi connectivity index (χ2v) is 8.90. The Morgan fingerprint density at radius 3 is 2.79 bits per heavy atom. The first-order valence-corrected chi connectivity index (χ1v) is 10.8. The minimum absolute atomic E-state index is 0.0274. The molecule has 0 bridgehead atoms. The maximum atomic E-state index is 12.7. The van der Waals surface area contributed by atoms with E-state index in [-0.39, 0.29) is 17.7 Å². The van der Waals surface area contributed by atoms with Gasteiger partial charge < -0.3 is 15.0 Å². The number of amides is 2. The number of thiophene rings is 1. The van der Waals surface area contributed by atoms with E-state index in [1.165, 1.54) is 4.88 Å². The Labute approximate surface area is 173 Å². The summed E-state index contributed by atoms with van der Waals surface area (Å²) in [5, 5.41) is 3.70. The van der Waals surface area contributed by atoms with Gasteiger partial charge in [-0.05, 0) is 61.6 Å². The number of rotatable bonds is 3. The molecule has 0 saturated carbocycles. The van der Waals surface area contributed by atoms with Gasteiger partial charge >= 0.3 is 0 Å². The summed E-state index contributed by atoms with van der Waals surface area (Å²) in [6, 6.07) is 7.50. The summed E-state index contributed by atoms with van der Waals surface area (Å²) in [5.74, 6) is 0.0318. The first kappa shape index (κ1) is 19.4. The average molecular weight is 419 g/mol. The maximum Gasteiger partial charge on any atom is 0.264 e. The van der Waals surface area contributed by atoms with Crippen molar-refractivity contribution in [1.82, 2.24) is 4.90 Å². The van der Waals surface area contributed by atoms with Gasteiger partial charge in [0.25, 0.3) is 5.91 Å². The van der Waals surface area contributed by atoms with Crippen LogP contribution in [0.15, 0.2) is 24.3 Å². The van der Waals surface area contributed by atoms with E-state index in [0.29, 0.717) is 37.7 Å². The SMILES string of the molecule is Cc1cc(NC(=O)[C@H]2CCc3sc(C(=O)N4CCOCC4)cc3C2)ccc1Cl. The van der Waals surface area contributed by atoms with E-state index in [1.54, 1.807) is 17.4 Å². The van der Waals surface area contributed by atoms with Crippen LogP contribution in [0.4, 0.5) is 5.69 Å². The molecule has 2 aliphatic rings. The predicted octanol–water partition coefficient (Wildman–Crippen LogP) is 3.93. The molecule has 1 fully saturated rings. The number of nitrogens with one attached hydrogen (secondary N) is 1. The molecule has 148 valence electrons. The Balaban J connectivity index is 1.42. The van der Waals surface area contributed by atoms with E-state index in [1.807, 2.05) is 30.0 Å². The second-order valence-electron chi connectivity index (χ2n) is 7.36. The molecule has 2 amide bonds. The van der Waals surface area contributed by atoms with Crippen molar-refractivity contribution in [3.63, 3.8) is 0 Å². The van der Waals surface area contributed by atoms with Crippen LogP contribution in [0.2, 0.25) is 5.02 Å². The molecule has 1 atom stereocenters. The lowest BCUT2D eigenvalue weighted by Crippen LogP contribution is -2.40. The molecule has 1 saturated heterocycles. The standard InChI is InChI=1S/C21H23ClN2O3S/c1-13-10-16(3-4-17(13)22)23-20(25)14-2-5-18-15(11-14)12-19(28-18)21(26)24-6-8-27-9-7-24/h3-4,10,12,14H,2,5-9,11H2,1H3,(H,23,25)/t14-/m0/s1. The molecule has 2 aromatic rings. The molecule has 0 spiro atoms. The van der Waals surface area contributed by atoms with Crippen molar-refractivity contribution >= 4 is 40.4 Å². The summed E-state index contributed by atoms with van der Waals surface area (Å²) >= 11 is 7.64. The molecule has 0 radical (unpaired) electrons. The Morgan fingerprint density at radius 2 is 2.04 bits per heavy atom. The number of carbonyl (C=O) groups excluding carboxylic acids is 2. The zero-order valence-corrected chi connectivity index (χ0v) is 17.4. The molecule has 5 nitrogen and oxygen atoms in total. The molecular weight excluding hydrogens is 396 g/mol. The van der Waals surface area contributed by atoms with E-state index in [9.17, 15) is 9.59 Å². The first-order chi connectivity index (χ1) is 13.5. The van der Waals surface area contributed by atoms with E-state index >= 15 is 0 Å². The topological polar surface area (TPSA) is 58.6 Å². The van der Waals surface area contributed by atoms with Gasteiger partial charge in [-0.15, -0.1) is 11.3 Å². The average Bonchev–Trinajstić information content (AvgIpc) is 3.14. The Hall–Kier alpha value is -1.89. The molecule has 2 heterocycles. The molecular formula is C21H23ClN2O3S. The van der Waals surface area contributed by atoms with Gasteiger partial charge in [0, 0.05) is 34.6 Å². The summed E-state index contributed by atoms with van der Waals surface area (Å²) in [7, 11) is 0. The zero-order valence-electron chi connectivity index (χ0n) is 15.8. The van der Waals surface area contributed by atoms with E-state index in [0.717, 1.165) is 34.5 Å². The normalized spacial score (nSPS) is 19.2. The molecule has 1 N–H and O–H groups in total. The second kappa shape index (κ2) is 8.23. The number of nitrogens with zero attached hydrogens (tertiary/aromatic N) is 1. The highest BCUT2D eigenvalue weighted by Gasteiger charge is 2.29. The number of halogens is 1. The van der Waals surface area contributed by atoms with E-state index < -0.39 is 0 Å². The Morgan fingerprint density at radius 1 is 1.25 bits per heavy atom. The van der Waals surface area contributed by atoms with Crippen LogP contribution in [0.5, 0.6) is 0 Å². The quantitative estimate of drug-likeness (QED) is 0.821. The largest absolute Gasteiger partial charge is 0.378 e. The van der Waals surface area contributed by atoms with Crippen LogP contribution in [0.25, 0.3) is 0 Å². The van der Waals surface area contributed by atoms with Gasteiger partial charge in [-0.3, -0.25) is 9.59 Å². The summed E-state index contributed by atoms with van der Waals surface area (Å²) < 4.78 is 5.33. The van der Waals surface area contributed by atoms with Gasteiger partial charge in [-0.2, -0.15) is 0 Å². The van der Waals surface area contributed by atoms with Gasteiger partial charge in [0.1, 0.15) is 0 Å². The molecule has 1 aromatic heterocycles. The number of benzene rings is 1. The van der Waals surface area contributed by atoms with Crippen LogP contribution in [0.3, 0.4) is 0 Å². The Bertz CT molecular complexity index is 905. The lowest BCUT2D eigenvalue weighted by molar-refractivity contribution is -0.120. The van der Waals surface area contributed by atoms with Crippen molar-refractivity contribution in [3.8, 4) is 0 Å². The number of aryl methyl sites for hydroxylation is 2. The highest BCUT2D eigenvalue weighted by atomic mass is 35.5. The van der Waals surface area contributed by atoms with Crippen molar-refractivity contribution in [3.05, 3.63) is 50.2 Å². The molecule has 7 heteroatoms. The fraction of sp³-hybridized carbons (Fsp3) is 0.429. The number of hydrogen-bond acceptors (Lipinski definition) is 4. The van der Waals surface area contributed by atoms with E-state index in [2.05, 4.69) is 5.32 Å². The summed E-state index contributed by atoms with van der Waals surface area (Å²) in [6.45, 7) is 4.41. The maximum absolute atomic E-state index is 12.7. The van der Waals surface area contributed by atoms with Gasteiger partial charge in [0.05, 0.1) is 18.1 Å². The smallest absolute Gasteiger partial charge is 0.264 e. The van der Waals surface area contributed by atoms with Gasteiger partial charge in [-0.25, -0.2) is 0 Å². The molecule has 1 aliphatic heterocycles. The summed E-state index contributed by atoms with van der Waals surface area (Å²) in [5.41, 5.74) is 2.85. The van der Waals surface area contributed by atoms with Crippen LogP contribution in [-0.4, -0.2) is 43.0 Å². The minimum Gasteiger partial charge on any atom is -0.378 e. The minimum atomic E-state index is -0.0792. The lowest BCUT2D eigenvalue weighted by atomic mass is 9.87. The number of hydrogen-bond donors (Lipinski definition) is 1. The zero-order chi connectivity index (χ0) is 19.7. The van der Waals surface area contributed by atoms with Crippen LogP contribution >= 0.6 is 22.9 Å². The van der Waals surface area contributed by atoms with Crippen molar-refractivity contribution < 1.29 is 14.3 Å². The molecule has 4 rings (SSSR count). The number of ether oxygens (including phenoxy) is 1. The van der Waals surface area contributed by atoms with Crippen LogP contribution in [0.1, 0.15) is 32.1 Å². The van der Waals surface area contributed by atoms with Gasteiger partial charge in [-0.1, -0.05) is 11.6 Å². The third-order valence-corrected chi connectivity index (χ3v) is 7.04. The van der Waals surface area contributed by atoms with Crippen molar-refractivity contribution in [2.24, 2.45) is 5.92 Å². The van der Waals surface area contributed by atoms with Crippen molar-refractivity contribution in [2.75, 3.05) is 31.6 Å².